The molecule has 0 saturated heterocycles. The highest BCUT2D eigenvalue weighted by Crippen LogP contribution is 2.23. The number of carbonyl (C=O) groups is 1. The van der Waals surface area contributed by atoms with Gasteiger partial charge in [-0.05, 0) is 30.7 Å². The van der Waals surface area contributed by atoms with Crippen LogP contribution >= 0.6 is 0 Å². The maximum absolute atomic E-state index is 12.8. The molecule has 0 fully saturated rings. The zero-order chi connectivity index (χ0) is 13.1. The third-order valence-electron chi connectivity index (χ3n) is 2.47. The van der Waals surface area contributed by atoms with Gasteiger partial charge in [0.15, 0.2) is 0 Å². The molecule has 0 spiro atoms. The topological polar surface area (TPSA) is 63.3 Å². The van der Waals surface area contributed by atoms with Crippen LogP contribution < -0.4 is 0 Å². The standard InChI is InChI=1S/C13H12FNO3/c1-2-3-10-11(13(16)17)18-12(15-10)8-4-6-9(14)7-5-8/h4-7H,2-3H2,1H3,(H,16,17). The lowest BCUT2D eigenvalue weighted by Crippen LogP contribution is -1.99. The Balaban J connectivity index is 2.42. The summed E-state index contributed by atoms with van der Waals surface area (Å²) in [6.07, 6.45) is 1.31. The Bertz CT molecular complexity index is 560. The monoisotopic (exact) mass is 249 g/mol. The molecular weight excluding hydrogens is 237 g/mol. The first-order chi connectivity index (χ1) is 8.61. The van der Waals surface area contributed by atoms with Gasteiger partial charge in [-0.2, -0.15) is 0 Å². The number of halogens is 1. The number of hydrogen-bond acceptors (Lipinski definition) is 3. The molecular formula is C13H12FNO3. The fraction of sp³-hybridized carbons (Fsp3) is 0.231. The summed E-state index contributed by atoms with van der Waals surface area (Å²) in [5.74, 6) is -1.44. The lowest BCUT2D eigenvalue weighted by atomic mass is 10.2. The van der Waals surface area contributed by atoms with Gasteiger partial charge >= 0.3 is 5.97 Å². The first-order valence-electron chi connectivity index (χ1n) is 5.60. The number of carboxylic acids is 1. The molecule has 18 heavy (non-hydrogen) atoms. The van der Waals surface area contributed by atoms with Crippen molar-refractivity contribution in [2.75, 3.05) is 0 Å². The van der Waals surface area contributed by atoms with Crippen LogP contribution in [0.2, 0.25) is 0 Å². The van der Waals surface area contributed by atoms with Crippen LogP contribution in [0.15, 0.2) is 28.7 Å². The van der Waals surface area contributed by atoms with Gasteiger partial charge < -0.3 is 9.52 Å². The van der Waals surface area contributed by atoms with Crippen LogP contribution in [0, 0.1) is 5.82 Å². The second-order valence-electron chi connectivity index (χ2n) is 3.86. The average Bonchev–Trinajstić information content (AvgIpc) is 2.75. The van der Waals surface area contributed by atoms with E-state index in [1.807, 2.05) is 6.92 Å². The summed E-state index contributed by atoms with van der Waals surface area (Å²) >= 11 is 0. The zero-order valence-electron chi connectivity index (χ0n) is 9.81. The van der Waals surface area contributed by atoms with E-state index in [9.17, 15) is 9.18 Å². The minimum Gasteiger partial charge on any atom is -0.475 e. The zero-order valence-corrected chi connectivity index (χ0v) is 9.81. The number of oxazole rings is 1. The molecule has 0 saturated carbocycles. The molecule has 2 aromatic rings. The predicted octanol–water partition coefficient (Wildman–Crippen LogP) is 3.13. The summed E-state index contributed by atoms with van der Waals surface area (Å²) in [6, 6.07) is 5.56. The van der Waals surface area contributed by atoms with E-state index in [1.54, 1.807) is 0 Å². The summed E-state index contributed by atoms with van der Waals surface area (Å²) in [5, 5.41) is 9.00. The van der Waals surface area contributed by atoms with Crippen molar-refractivity contribution < 1.29 is 18.7 Å². The van der Waals surface area contributed by atoms with E-state index in [0.717, 1.165) is 6.42 Å². The summed E-state index contributed by atoms with van der Waals surface area (Å²) in [6.45, 7) is 1.93. The van der Waals surface area contributed by atoms with Gasteiger partial charge in [0.2, 0.25) is 11.7 Å². The van der Waals surface area contributed by atoms with E-state index in [-0.39, 0.29) is 17.5 Å². The number of hydrogen-bond donors (Lipinski definition) is 1. The fourth-order valence-electron chi connectivity index (χ4n) is 1.64. The number of aromatic carboxylic acids is 1. The highest BCUT2D eigenvalue weighted by molar-refractivity contribution is 5.86. The molecule has 0 aliphatic carbocycles. The van der Waals surface area contributed by atoms with Gasteiger partial charge in [0.25, 0.3) is 0 Å². The molecule has 0 radical (unpaired) electrons. The third kappa shape index (κ3) is 2.40. The van der Waals surface area contributed by atoms with Gasteiger partial charge in [-0.3, -0.25) is 0 Å². The Morgan fingerprint density at radius 2 is 2.06 bits per heavy atom. The van der Waals surface area contributed by atoms with Crippen LogP contribution in [0.4, 0.5) is 4.39 Å². The van der Waals surface area contributed by atoms with Crippen molar-refractivity contribution >= 4 is 5.97 Å². The number of aromatic nitrogens is 1. The van der Waals surface area contributed by atoms with Crippen molar-refractivity contribution in [3.8, 4) is 11.5 Å². The Labute approximate surface area is 103 Å². The molecule has 0 atom stereocenters. The van der Waals surface area contributed by atoms with E-state index in [0.29, 0.717) is 17.7 Å². The molecule has 4 nitrogen and oxygen atoms in total. The quantitative estimate of drug-likeness (QED) is 0.904. The lowest BCUT2D eigenvalue weighted by molar-refractivity contribution is 0.0661. The van der Waals surface area contributed by atoms with Crippen molar-refractivity contribution in [2.24, 2.45) is 0 Å². The summed E-state index contributed by atoms with van der Waals surface area (Å²) in [5.41, 5.74) is 0.977. The maximum Gasteiger partial charge on any atom is 0.373 e. The van der Waals surface area contributed by atoms with Crippen molar-refractivity contribution in [1.82, 2.24) is 4.98 Å². The van der Waals surface area contributed by atoms with Crippen LogP contribution in [0.25, 0.3) is 11.5 Å². The number of benzene rings is 1. The molecule has 0 amide bonds. The first kappa shape index (κ1) is 12.3. The molecule has 0 bridgehead atoms. The Morgan fingerprint density at radius 3 is 2.61 bits per heavy atom. The molecule has 0 aliphatic heterocycles. The van der Waals surface area contributed by atoms with Gasteiger partial charge in [-0.1, -0.05) is 13.3 Å². The van der Waals surface area contributed by atoms with E-state index in [2.05, 4.69) is 4.98 Å². The second-order valence-corrected chi connectivity index (χ2v) is 3.86. The van der Waals surface area contributed by atoms with Crippen LogP contribution in [0.3, 0.4) is 0 Å². The minimum absolute atomic E-state index is 0.142. The number of carboxylic acid groups (broad SMARTS) is 1. The molecule has 2 rings (SSSR count). The van der Waals surface area contributed by atoms with Gasteiger partial charge in [-0.25, -0.2) is 14.2 Å². The van der Waals surface area contributed by atoms with E-state index in [4.69, 9.17) is 9.52 Å². The highest BCUT2D eigenvalue weighted by Gasteiger charge is 2.19. The molecule has 1 heterocycles. The van der Waals surface area contributed by atoms with Crippen LogP contribution in [0.1, 0.15) is 29.6 Å². The van der Waals surface area contributed by atoms with Crippen LogP contribution in [0.5, 0.6) is 0 Å². The Kier molecular flexibility index (Phi) is 3.41. The van der Waals surface area contributed by atoms with Gasteiger partial charge in [0.1, 0.15) is 5.82 Å². The number of rotatable bonds is 4. The largest absolute Gasteiger partial charge is 0.475 e. The second kappa shape index (κ2) is 5.00. The molecule has 1 aromatic heterocycles. The van der Waals surface area contributed by atoms with Crippen molar-refractivity contribution in [1.29, 1.82) is 0 Å². The summed E-state index contributed by atoms with van der Waals surface area (Å²) < 4.78 is 18.0. The molecule has 5 heteroatoms. The summed E-state index contributed by atoms with van der Waals surface area (Å²) in [4.78, 5) is 15.2. The van der Waals surface area contributed by atoms with E-state index < -0.39 is 5.97 Å². The molecule has 94 valence electrons. The Hall–Kier alpha value is -2.17. The maximum atomic E-state index is 12.8. The first-order valence-corrected chi connectivity index (χ1v) is 5.60. The highest BCUT2D eigenvalue weighted by atomic mass is 19.1. The van der Waals surface area contributed by atoms with E-state index >= 15 is 0 Å². The SMILES string of the molecule is CCCc1nc(-c2ccc(F)cc2)oc1C(=O)O. The third-order valence-corrected chi connectivity index (χ3v) is 2.47. The van der Waals surface area contributed by atoms with Crippen molar-refractivity contribution in [3.63, 3.8) is 0 Å². The van der Waals surface area contributed by atoms with Gasteiger partial charge in [0.05, 0.1) is 5.69 Å². The van der Waals surface area contributed by atoms with Crippen LogP contribution in [-0.2, 0) is 6.42 Å². The number of nitrogens with zero attached hydrogens (tertiary/aromatic N) is 1. The molecule has 1 N–H and O–H groups in total. The molecule has 0 aliphatic rings. The minimum atomic E-state index is -1.14. The summed E-state index contributed by atoms with van der Waals surface area (Å²) in [7, 11) is 0. The lowest BCUT2D eigenvalue weighted by Gasteiger charge is -1.93. The molecule has 1 aromatic carbocycles. The van der Waals surface area contributed by atoms with Gasteiger partial charge in [0, 0.05) is 5.56 Å². The predicted molar refractivity (Wildman–Crippen MR) is 62.9 cm³/mol. The van der Waals surface area contributed by atoms with Crippen molar-refractivity contribution in [3.05, 3.63) is 41.5 Å². The fourth-order valence-corrected chi connectivity index (χ4v) is 1.64. The number of aryl methyl sites for hydroxylation is 1. The van der Waals surface area contributed by atoms with E-state index in [1.165, 1.54) is 24.3 Å². The van der Waals surface area contributed by atoms with Crippen LogP contribution in [-0.4, -0.2) is 16.1 Å². The van der Waals surface area contributed by atoms with Gasteiger partial charge in [-0.15, -0.1) is 0 Å². The smallest absolute Gasteiger partial charge is 0.373 e. The molecule has 0 unspecified atom stereocenters. The average molecular weight is 249 g/mol. The Morgan fingerprint density at radius 1 is 1.39 bits per heavy atom. The van der Waals surface area contributed by atoms with Crippen molar-refractivity contribution in [2.45, 2.75) is 19.8 Å². The normalized spacial score (nSPS) is 10.6.